The van der Waals surface area contributed by atoms with Crippen LogP contribution < -0.4 is 5.32 Å². The highest BCUT2D eigenvalue weighted by molar-refractivity contribution is 7.53. The fourth-order valence-electron chi connectivity index (χ4n) is 6.90. The Hall–Kier alpha value is -3.40. The maximum atomic E-state index is 14.1. The average molecular weight is 867 g/mol. The molecular weight excluding hydrogens is 811 g/mol. The van der Waals surface area contributed by atoms with Crippen molar-refractivity contribution in [1.29, 1.82) is 5.26 Å². The lowest BCUT2D eigenvalue weighted by Crippen LogP contribution is -2.33. The Morgan fingerprint density at radius 1 is 1.02 bits per heavy atom. The molecule has 59 heavy (non-hydrogen) atoms. The normalized spacial score (nSPS) is 21.9. The van der Waals surface area contributed by atoms with E-state index in [1.54, 1.807) is 64.5 Å². The summed E-state index contributed by atoms with van der Waals surface area (Å²) in [6.45, 7) is 16.1. The van der Waals surface area contributed by atoms with Gasteiger partial charge in [-0.2, -0.15) is 5.26 Å². The van der Waals surface area contributed by atoms with Crippen LogP contribution in [0, 0.1) is 22.2 Å². The number of aromatic nitrogens is 2. The Labute approximate surface area is 350 Å². The van der Waals surface area contributed by atoms with Gasteiger partial charge in [-0.15, -0.1) is 13.2 Å². The van der Waals surface area contributed by atoms with E-state index in [1.807, 2.05) is 6.07 Å². The molecule has 1 N–H and O–H groups in total. The molecule has 17 nitrogen and oxygen atoms in total. The predicted octanol–water partition coefficient (Wildman–Crippen LogP) is 6.99. The minimum Gasteiger partial charge on any atom is -0.437 e. The third kappa shape index (κ3) is 11.7. The van der Waals surface area contributed by atoms with Crippen LogP contribution in [-0.2, 0) is 61.1 Å². The Morgan fingerprint density at radius 3 is 2.15 bits per heavy atom. The number of hydrogen-bond acceptors (Lipinski definition) is 16. The number of esters is 2. The predicted molar refractivity (Wildman–Crippen MR) is 215 cm³/mol. The van der Waals surface area contributed by atoms with Gasteiger partial charge in [-0.05, 0) is 60.5 Å². The monoisotopic (exact) mass is 866 g/mol. The second-order valence-electron chi connectivity index (χ2n) is 16.3. The summed E-state index contributed by atoms with van der Waals surface area (Å²) in [5.41, 5.74) is -0.764. The molecule has 0 radical (unpaired) electrons. The molecular formula is C40H56ClN4O13P. The zero-order valence-corrected chi connectivity index (χ0v) is 36.2. The van der Waals surface area contributed by atoms with Crippen molar-refractivity contribution in [2.75, 3.05) is 58.3 Å². The molecule has 3 aliphatic rings. The fraction of sp³-hybridized carbons (Fsp3) is 0.650. The van der Waals surface area contributed by atoms with Crippen molar-refractivity contribution in [3.05, 3.63) is 48.3 Å². The molecule has 5 rings (SSSR count). The molecule has 0 spiro atoms. The average Bonchev–Trinajstić information content (AvgIpc) is 3.96. The minimum atomic E-state index is -4.28. The quantitative estimate of drug-likeness (QED) is 0.0299. The highest BCUT2D eigenvalue weighted by Crippen LogP contribution is 2.49. The topological polar surface area (TPSA) is 197 Å². The summed E-state index contributed by atoms with van der Waals surface area (Å²) in [5.74, 6) is -2.35. The van der Waals surface area contributed by atoms with E-state index in [2.05, 4.69) is 29.5 Å². The molecule has 326 valence electrons. The van der Waals surface area contributed by atoms with E-state index in [9.17, 15) is 19.4 Å². The van der Waals surface area contributed by atoms with Gasteiger partial charge in [0.25, 0.3) is 0 Å². The van der Waals surface area contributed by atoms with Crippen LogP contribution in [-0.4, -0.2) is 105 Å². The molecule has 0 unspecified atom stereocenters. The van der Waals surface area contributed by atoms with Gasteiger partial charge in [0.05, 0.1) is 49.6 Å². The molecule has 19 heteroatoms. The van der Waals surface area contributed by atoms with Crippen molar-refractivity contribution in [2.24, 2.45) is 10.8 Å². The van der Waals surface area contributed by atoms with Crippen LogP contribution in [0.15, 0.2) is 37.6 Å². The van der Waals surface area contributed by atoms with Gasteiger partial charge in [-0.25, -0.2) is 4.98 Å². The highest BCUT2D eigenvalue weighted by atomic mass is 35.5. The number of nitrogens with one attached hydrogen (secondary N) is 1. The van der Waals surface area contributed by atoms with Crippen molar-refractivity contribution in [2.45, 2.75) is 104 Å². The van der Waals surface area contributed by atoms with E-state index in [0.717, 1.165) is 25.7 Å². The molecule has 4 atom stereocenters. The summed E-state index contributed by atoms with van der Waals surface area (Å²) < 4.78 is 73.3. The first-order valence-corrected chi connectivity index (χ1v) is 21.6. The van der Waals surface area contributed by atoms with Gasteiger partial charge in [0.1, 0.15) is 41.9 Å². The molecule has 2 aromatic rings. The number of rotatable bonds is 23. The summed E-state index contributed by atoms with van der Waals surface area (Å²) in [5, 5.41) is 14.3. The van der Waals surface area contributed by atoms with E-state index in [1.165, 1.54) is 0 Å². The van der Waals surface area contributed by atoms with Crippen LogP contribution in [0.5, 0.6) is 0 Å². The molecule has 3 fully saturated rings. The van der Waals surface area contributed by atoms with E-state index < -0.39 is 80.6 Å². The van der Waals surface area contributed by atoms with Gasteiger partial charge in [0.2, 0.25) is 13.6 Å². The maximum absolute atomic E-state index is 14.1. The fourth-order valence-corrected chi connectivity index (χ4v) is 8.10. The molecule has 2 aromatic heterocycles. The summed E-state index contributed by atoms with van der Waals surface area (Å²) in [4.78, 5) is 30.3. The number of ether oxygens (including phenoxy) is 8. The maximum Gasteiger partial charge on any atom is 0.361 e. The van der Waals surface area contributed by atoms with Gasteiger partial charge < -0.3 is 47.8 Å². The number of pyridine rings is 1. The molecule has 0 amide bonds. The Balaban J connectivity index is 1.29. The summed E-state index contributed by atoms with van der Waals surface area (Å²) >= 11 is 6.60. The zero-order chi connectivity index (χ0) is 43.0. The first kappa shape index (κ1) is 46.7. The number of halogens is 1. The molecule has 1 aliphatic carbocycles. The number of carbonyl (C=O) groups is 2. The lowest BCUT2D eigenvalue weighted by atomic mass is 9.95. The SMILES string of the molecule is C=CCOCC(C)(C)C(=O)OCOP(=O)(COC[C@H]1O[C@@H](n2ccc3c(NC4CCCC4)c(C#N)c(Cl)nc32)[C@@H]2OC(C)(C)O[C@@H]21)OCOC(=O)C(C)(C)COCC=C. The van der Waals surface area contributed by atoms with Crippen LogP contribution >= 0.6 is 19.2 Å². The standard InChI is InChI=1S/C40H56ClN4O13P/c1-9-17-49-21-38(3,4)36(46)52-23-54-59(48,55-24-53-37(47)39(5,6)22-50-18-10-2)25-51-20-29-31-32(58-40(7,8)57-31)35(56-29)45-16-15-27-30(43-26-13-11-12-14-26)28(19-42)33(41)44-34(27)45/h9-10,15-16,26,29,31-32,35H,1-2,11-14,17-18,20-25H2,3-8H3,(H,43,44)/t29-,31-,32-,35-/m1/s1. The third-order valence-electron chi connectivity index (χ3n) is 9.94. The lowest BCUT2D eigenvalue weighted by Gasteiger charge is -2.26. The van der Waals surface area contributed by atoms with Gasteiger partial charge in [0.15, 0.2) is 17.2 Å². The number of nitrogens with zero attached hydrogens (tertiary/aromatic N) is 3. The van der Waals surface area contributed by atoms with Gasteiger partial charge in [-0.3, -0.25) is 23.2 Å². The third-order valence-corrected chi connectivity index (χ3v) is 11.7. The van der Waals surface area contributed by atoms with Gasteiger partial charge >= 0.3 is 19.5 Å². The van der Waals surface area contributed by atoms with Crippen LogP contribution in [0.2, 0.25) is 5.15 Å². The van der Waals surface area contributed by atoms with Crippen molar-refractivity contribution in [1.82, 2.24) is 9.55 Å². The molecule has 2 aliphatic heterocycles. The van der Waals surface area contributed by atoms with Gasteiger partial charge in [-0.1, -0.05) is 36.6 Å². The smallest absolute Gasteiger partial charge is 0.361 e. The Morgan fingerprint density at radius 2 is 1.59 bits per heavy atom. The molecule has 2 saturated heterocycles. The first-order chi connectivity index (χ1) is 27.9. The Bertz CT molecular complexity index is 1860. The second kappa shape index (κ2) is 20.0. The second-order valence-corrected chi connectivity index (χ2v) is 18.7. The first-order valence-electron chi connectivity index (χ1n) is 19.5. The van der Waals surface area contributed by atoms with Crippen LogP contribution in [0.3, 0.4) is 0 Å². The molecule has 1 saturated carbocycles. The van der Waals surface area contributed by atoms with Gasteiger partial charge in [0, 0.05) is 17.6 Å². The summed E-state index contributed by atoms with van der Waals surface area (Å²) in [6.07, 6.45) is 5.62. The molecule has 4 heterocycles. The number of hydrogen-bond donors (Lipinski definition) is 1. The van der Waals surface area contributed by atoms with E-state index in [4.69, 9.17) is 58.5 Å². The van der Waals surface area contributed by atoms with E-state index in [-0.39, 0.29) is 49.8 Å². The Kier molecular flexibility index (Phi) is 15.8. The summed E-state index contributed by atoms with van der Waals surface area (Å²) in [7, 11) is -4.28. The summed E-state index contributed by atoms with van der Waals surface area (Å²) in [6, 6.07) is 4.26. The molecule has 0 aromatic carbocycles. The van der Waals surface area contributed by atoms with Crippen LogP contribution in [0.4, 0.5) is 5.69 Å². The van der Waals surface area contributed by atoms with Crippen molar-refractivity contribution >= 4 is 47.9 Å². The zero-order valence-electron chi connectivity index (χ0n) is 34.6. The number of nitriles is 1. The minimum absolute atomic E-state index is 0.0336. The molecule has 0 bridgehead atoms. The van der Waals surface area contributed by atoms with Crippen molar-refractivity contribution < 1.29 is 61.1 Å². The number of fused-ring (bicyclic) bond motifs is 2. The van der Waals surface area contributed by atoms with Crippen LogP contribution in [0.1, 0.15) is 79.0 Å². The largest absolute Gasteiger partial charge is 0.437 e. The van der Waals surface area contributed by atoms with Crippen molar-refractivity contribution in [3.8, 4) is 6.07 Å². The van der Waals surface area contributed by atoms with E-state index in [0.29, 0.717) is 16.7 Å². The van der Waals surface area contributed by atoms with Crippen molar-refractivity contribution in [3.63, 3.8) is 0 Å². The lowest BCUT2D eigenvalue weighted by molar-refractivity contribution is -0.201. The number of carbonyl (C=O) groups excluding carboxylic acids is 2. The highest BCUT2D eigenvalue weighted by Gasteiger charge is 2.56. The van der Waals surface area contributed by atoms with Crippen LogP contribution in [0.25, 0.3) is 11.0 Å². The number of anilines is 1. The van der Waals surface area contributed by atoms with E-state index >= 15 is 0 Å².